The van der Waals surface area contributed by atoms with Crippen LogP contribution in [0.1, 0.15) is 16.9 Å². The smallest absolute Gasteiger partial charge is 0.242 e. The van der Waals surface area contributed by atoms with E-state index in [0.29, 0.717) is 0 Å². The minimum atomic E-state index is -0.296. The zero-order valence-corrected chi connectivity index (χ0v) is 13.7. The van der Waals surface area contributed by atoms with E-state index in [9.17, 15) is 0 Å². The third kappa shape index (κ3) is 1.66. The fraction of sp³-hybridized carbons (Fsp3) is 0.143. The zero-order chi connectivity index (χ0) is 16.5. The Labute approximate surface area is 146 Å². The van der Waals surface area contributed by atoms with Gasteiger partial charge in [0, 0.05) is 11.3 Å². The Morgan fingerprint density at radius 1 is 0.800 bits per heavy atom. The first-order valence-corrected chi connectivity index (χ1v) is 8.64. The minimum Gasteiger partial charge on any atom is -0.458 e. The molecule has 3 heterocycles. The van der Waals surface area contributed by atoms with Crippen molar-refractivity contribution < 1.29 is 14.2 Å². The van der Waals surface area contributed by atoms with Crippen molar-refractivity contribution in [3.8, 4) is 23.0 Å². The lowest BCUT2D eigenvalue weighted by molar-refractivity contribution is 0.0175. The molecule has 6 rings (SSSR count). The molecular weight excluding hydrogens is 311 g/mol. The largest absolute Gasteiger partial charge is 0.458 e. The number of benzene rings is 3. The molecule has 0 radical (unpaired) electrons. The second kappa shape index (κ2) is 4.60. The lowest BCUT2D eigenvalue weighted by Crippen LogP contribution is -2.58. The van der Waals surface area contributed by atoms with Crippen molar-refractivity contribution in [2.75, 3.05) is 0 Å². The van der Waals surface area contributed by atoms with Gasteiger partial charge in [-0.3, -0.25) is 0 Å². The number of hydrogen-bond donors (Lipinski definition) is 0. The second-order valence-corrected chi connectivity index (χ2v) is 6.91. The van der Waals surface area contributed by atoms with E-state index in [4.69, 9.17) is 14.2 Å². The topological polar surface area (TPSA) is 27.7 Å². The fourth-order valence-corrected chi connectivity index (χ4v) is 4.49. The van der Waals surface area contributed by atoms with Crippen molar-refractivity contribution in [2.45, 2.75) is 19.0 Å². The summed E-state index contributed by atoms with van der Waals surface area (Å²) in [4.78, 5) is 0. The average Bonchev–Trinajstić information content (AvgIpc) is 3.01. The van der Waals surface area contributed by atoms with Crippen LogP contribution in [0.25, 0.3) is 0 Å². The monoisotopic (exact) mass is 326 g/mol. The van der Waals surface area contributed by atoms with E-state index in [0.717, 1.165) is 34.0 Å². The predicted molar refractivity (Wildman–Crippen MR) is 96.9 cm³/mol. The highest BCUT2D eigenvalue weighted by atomic mass is 16.7. The molecule has 0 saturated heterocycles. The van der Waals surface area contributed by atoms with Crippen LogP contribution in [0, 0.1) is 6.92 Å². The first-order valence-electron chi connectivity index (χ1n) is 8.64. The number of para-hydroxylation sites is 2. The van der Waals surface area contributed by atoms with Crippen LogP contribution in [0.5, 0.6) is 23.0 Å². The van der Waals surface area contributed by atoms with Gasteiger partial charge in [-0.15, -0.1) is 0 Å². The Morgan fingerprint density at radius 3 is 2.56 bits per heavy atom. The molecule has 2 unspecified atom stereocenters. The van der Waals surface area contributed by atoms with Gasteiger partial charge in [-0.25, -0.2) is 0 Å². The summed E-state index contributed by atoms with van der Waals surface area (Å²) >= 11 is 0. The van der Waals surface area contributed by atoms with Crippen molar-refractivity contribution in [1.82, 2.24) is 0 Å². The van der Waals surface area contributed by atoms with Crippen LogP contribution in [-0.4, -0.2) is 13.0 Å². The van der Waals surface area contributed by atoms with Crippen LogP contribution in [0.2, 0.25) is 0 Å². The van der Waals surface area contributed by atoms with Gasteiger partial charge in [0.15, 0.2) is 0 Å². The standard InChI is InChI=1S/C21H15BO3/c1-12-6-4-7-13-18-21(25-20(12)13)24-17-11-5-10-16-19(17)22(18)14-8-2-3-9-15(14)23-16/h2-11,18,21H,1H3. The van der Waals surface area contributed by atoms with E-state index in [2.05, 4.69) is 37.3 Å². The van der Waals surface area contributed by atoms with Gasteiger partial charge < -0.3 is 14.2 Å². The Balaban J connectivity index is 1.65. The Bertz CT molecular complexity index is 1030. The molecular formula is C21H15BO3. The van der Waals surface area contributed by atoms with Gasteiger partial charge in [-0.2, -0.15) is 0 Å². The molecule has 120 valence electrons. The van der Waals surface area contributed by atoms with E-state index in [1.54, 1.807) is 0 Å². The molecule has 0 saturated carbocycles. The maximum atomic E-state index is 6.25. The maximum absolute atomic E-state index is 6.25. The molecule has 4 heteroatoms. The molecule has 25 heavy (non-hydrogen) atoms. The summed E-state index contributed by atoms with van der Waals surface area (Å²) in [6.45, 7) is 2.27. The third-order valence-electron chi connectivity index (χ3n) is 5.54. The van der Waals surface area contributed by atoms with Crippen molar-refractivity contribution in [1.29, 1.82) is 0 Å². The molecule has 3 aliphatic heterocycles. The van der Waals surface area contributed by atoms with Gasteiger partial charge in [0.2, 0.25) is 13.0 Å². The maximum Gasteiger partial charge on any atom is 0.242 e. The molecule has 0 fully saturated rings. The molecule has 3 aromatic rings. The number of hydrogen-bond acceptors (Lipinski definition) is 3. The van der Waals surface area contributed by atoms with Crippen LogP contribution in [0.4, 0.5) is 0 Å². The normalized spacial score (nSPS) is 21.1. The van der Waals surface area contributed by atoms with Crippen LogP contribution in [-0.2, 0) is 0 Å². The van der Waals surface area contributed by atoms with Gasteiger partial charge in [0.1, 0.15) is 23.0 Å². The van der Waals surface area contributed by atoms with E-state index in [-0.39, 0.29) is 18.8 Å². The highest BCUT2D eigenvalue weighted by molar-refractivity contribution is 6.89. The zero-order valence-electron chi connectivity index (χ0n) is 13.7. The van der Waals surface area contributed by atoms with Crippen molar-refractivity contribution in [2.24, 2.45) is 0 Å². The average molecular weight is 326 g/mol. The summed E-state index contributed by atoms with van der Waals surface area (Å²) in [5.74, 6) is 3.78. The molecule has 0 aromatic heterocycles. The first-order chi connectivity index (χ1) is 12.3. The number of aryl methyl sites for hydroxylation is 1. The van der Waals surface area contributed by atoms with Crippen molar-refractivity contribution in [3.63, 3.8) is 0 Å². The number of rotatable bonds is 0. The van der Waals surface area contributed by atoms with Crippen LogP contribution in [0.15, 0.2) is 60.7 Å². The van der Waals surface area contributed by atoms with E-state index in [1.807, 2.05) is 30.3 Å². The lowest BCUT2D eigenvalue weighted by atomic mass is 9.31. The SMILES string of the molecule is Cc1cccc2c1OC1Oc3cccc4c3B(c3ccccc3O4)C21. The van der Waals surface area contributed by atoms with Gasteiger partial charge in [-0.1, -0.05) is 42.5 Å². The molecule has 3 aromatic carbocycles. The van der Waals surface area contributed by atoms with Gasteiger partial charge >= 0.3 is 0 Å². The summed E-state index contributed by atoms with van der Waals surface area (Å²) in [6, 6.07) is 20.7. The van der Waals surface area contributed by atoms with Crippen molar-refractivity contribution in [3.05, 3.63) is 71.8 Å². The highest BCUT2D eigenvalue weighted by Gasteiger charge is 2.52. The predicted octanol–water partition coefficient (Wildman–Crippen LogP) is 3.14. The summed E-state index contributed by atoms with van der Waals surface area (Å²) in [5, 5.41) is 0. The molecule has 0 spiro atoms. The van der Waals surface area contributed by atoms with E-state index in [1.165, 1.54) is 11.0 Å². The van der Waals surface area contributed by atoms with Crippen LogP contribution >= 0.6 is 0 Å². The molecule has 0 N–H and O–H groups in total. The quantitative estimate of drug-likeness (QED) is 0.594. The van der Waals surface area contributed by atoms with Gasteiger partial charge in [0.05, 0.1) is 0 Å². The van der Waals surface area contributed by atoms with E-state index >= 15 is 0 Å². The molecule has 0 aliphatic carbocycles. The van der Waals surface area contributed by atoms with E-state index < -0.39 is 0 Å². The lowest BCUT2D eigenvalue weighted by Gasteiger charge is -2.37. The van der Waals surface area contributed by atoms with Crippen LogP contribution in [0.3, 0.4) is 0 Å². The Hall–Kier alpha value is -2.88. The number of ether oxygens (including phenoxy) is 3. The molecule has 3 nitrogen and oxygen atoms in total. The summed E-state index contributed by atoms with van der Waals surface area (Å²) in [7, 11) is 0. The molecule has 2 atom stereocenters. The summed E-state index contributed by atoms with van der Waals surface area (Å²) < 4.78 is 18.7. The highest BCUT2D eigenvalue weighted by Crippen LogP contribution is 2.47. The fourth-order valence-electron chi connectivity index (χ4n) is 4.49. The van der Waals surface area contributed by atoms with Gasteiger partial charge in [-0.05, 0) is 41.7 Å². The third-order valence-corrected chi connectivity index (χ3v) is 5.54. The second-order valence-electron chi connectivity index (χ2n) is 6.91. The molecule has 0 amide bonds. The number of fused-ring (bicyclic) bond motifs is 6. The Kier molecular flexibility index (Phi) is 2.47. The summed E-state index contributed by atoms with van der Waals surface area (Å²) in [6.07, 6.45) is -0.296. The van der Waals surface area contributed by atoms with Gasteiger partial charge in [0.25, 0.3) is 0 Å². The summed E-state index contributed by atoms with van der Waals surface area (Å²) in [5.41, 5.74) is 4.73. The molecule has 0 bridgehead atoms. The van der Waals surface area contributed by atoms with Crippen molar-refractivity contribution >= 4 is 17.6 Å². The molecule has 3 aliphatic rings. The Morgan fingerprint density at radius 2 is 1.60 bits per heavy atom. The van der Waals surface area contributed by atoms with Crippen LogP contribution < -0.4 is 25.1 Å². The minimum absolute atomic E-state index is 0.133. The first kappa shape index (κ1) is 13.4.